The Kier molecular flexibility index (Phi) is 4.81. The number of aryl methyl sites for hydroxylation is 2. The van der Waals surface area contributed by atoms with Crippen LogP contribution in [0.1, 0.15) is 16.7 Å². The maximum Gasteiger partial charge on any atom is 0.263 e. The largest absolute Gasteiger partial charge is 0.294 e. The zero-order valence-electron chi connectivity index (χ0n) is 14.8. The van der Waals surface area contributed by atoms with E-state index in [0.717, 1.165) is 27.1 Å². The average molecular weight is 415 g/mol. The molecule has 4 rings (SSSR count). The molecule has 0 saturated carbocycles. The summed E-state index contributed by atoms with van der Waals surface area (Å²) in [6.45, 7) is 4.52. The van der Waals surface area contributed by atoms with Crippen molar-refractivity contribution < 1.29 is 0 Å². The Hall–Kier alpha value is -2.14. The first-order chi connectivity index (χ1) is 12.9. The molecule has 0 saturated heterocycles. The van der Waals surface area contributed by atoms with Gasteiger partial charge in [-0.2, -0.15) is 0 Å². The Labute approximate surface area is 170 Å². The maximum atomic E-state index is 13.2. The second-order valence-corrected chi connectivity index (χ2v) is 8.25. The first-order valence-corrected chi connectivity index (χ1v) is 10.1. The SMILES string of the molecule is Cc1ccc(-c2csc3ncn(Cc4ccc(Cl)c(Cl)c4)c(=O)c23)c(C)c1. The van der Waals surface area contributed by atoms with Crippen LogP contribution in [0, 0.1) is 13.8 Å². The molecule has 0 atom stereocenters. The number of hydrogen-bond donors (Lipinski definition) is 0. The van der Waals surface area contributed by atoms with Gasteiger partial charge in [-0.05, 0) is 42.7 Å². The van der Waals surface area contributed by atoms with E-state index < -0.39 is 0 Å². The van der Waals surface area contributed by atoms with E-state index in [2.05, 4.69) is 37.0 Å². The van der Waals surface area contributed by atoms with Gasteiger partial charge in [0.25, 0.3) is 5.56 Å². The highest BCUT2D eigenvalue weighted by atomic mass is 35.5. The minimum absolute atomic E-state index is 0.0534. The standard InChI is InChI=1S/C21H16Cl2N2OS/c1-12-3-5-15(13(2)7-12)16-10-27-20-19(16)21(26)25(11-24-20)9-14-4-6-17(22)18(23)8-14/h3-8,10-11H,9H2,1-2H3. The molecule has 0 bridgehead atoms. The second-order valence-electron chi connectivity index (χ2n) is 6.57. The molecule has 0 N–H and O–H groups in total. The van der Waals surface area contributed by atoms with Gasteiger partial charge < -0.3 is 0 Å². The third-order valence-electron chi connectivity index (χ3n) is 4.57. The lowest BCUT2D eigenvalue weighted by Crippen LogP contribution is -2.21. The smallest absolute Gasteiger partial charge is 0.263 e. The van der Waals surface area contributed by atoms with Gasteiger partial charge in [0, 0.05) is 10.9 Å². The molecule has 0 aliphatic carbocycles. The molecular formula is C21H16Cl2N2OS. The third kappa shape index (κ3) is 3.41. The van der Waals surface area contributed by atoms with Gasteiger partial charge in [-0.25, -0.2) is 4.98 Å². The molecule has 0 radical (unpaired) electrons. The lowest BCUT2D eigenvalue weighted by atomic mass is 9.99. The summed E-state index contributed by atoms with van der Waals surface area (Å²) in [5.41, 5.74) is 5.20. The fourth-order valence-electron chi connectivity index (χ4n) is 3.23. The molecule has 0 aliphatic heterocycles. The van der Waals surface area contributed by atoms with E-state index in [1.165, 1.54) is 16.9 Å². The fraction of sp³-hybridized carbons (Fsp3) is 0.143. The van der Waals surface area contributed by atoms with Crippen LogP contribution in [0.15, 0.2) is 52.9 Å². The van der Waals surface area contributed by atoms with Crippen molar-refractivity contribution in [3.8, 4) is 11.1 Å². The van der Waals surface area contributed by atoms with Crippen molar-refractivity contribution in [3.63, 3.8) is 0 Å². The molecule has 4 aromatic rings. The van der Waals surface area contributed by atoms with Crippen LogP contribution in [-0.2, 0) is 6.54 Å². The molecule has 0 spiro atoms. The van der Waals surface area contributed by atoms with Crippen LogP contribution in [0.25, 0.3) is 21.3 Å². The molecule has 27 heavy (non-hydrogen) atoms. The second kappa shape index (κ2) is 7.12. The Bertz CT molecular complexity index is 1230. The predicted molar refractivity (Wildman–Crippen MR) is 114 cm³/mol. The lowest BCUT2D eigenvalue weighted by molar-refractivity contribution is 0.749. The number of aromatic nitrogens is 2. The summed E-state index contributed by atoms with van der Waals surface area (Å²) in [4.78, 5) is 18.4. The van der Waals surface area contributed by atoms with Crippen molar-refractivity contribution in [3.05, 3.63) is 85.2 Å². The Balaban J connectivity index is 1.84. The van der Waals surface area contributed by atoms with Gasteiger partial charge in [0.15, 0.2) is 0 Å². The van der Waals surface area contributed by atoms with Gasteiger partial charge in [-0.1, -0.05) is 53.0 Å². The number of halogens is 2. The molecule has 3 nitrogen and oxygen atoms in total. The quantitative estimate of drug-likeness (QED) is 0.405. The number of fused-ring (bicyclic) bond motifs is 1. The summed E-state index contributed by atoms with van der Waals surface area (Å²) < 4.78 is 1.61. The average Bonchev–Trinajstić information content (AvgIpc) is 3.05. The molecule has 136 valence electrons. The highest BCUT2D eigenvalue weighted by Gasteiger charge is 2.15. The number of thiophene rings is 1. The number of hydrogen-bond acceptors (Lipinski definition) is 3. The topological polar surface area (TPSA) is 34.9 Å². The molecule has 0 unspecified atom stereocenters. The summed E-state index contributed by atoms with van der Waals surface area (Å²) in [6, 6.07) is 11.6. The van der Waals surface area contributed by atoms with E-state index in [9.17, 15) is 4.79 Å². The molecule has 2 heterocycles. The normalized spacial score (nSPS) is 11.3. The Morgan fingerprint density at radius 2 is 1.85 bits per heavy atom. The summed E-state index contributed by atoms with van der Waals surface area (Å²) in [7, 11) is 0. The maximum absolute atomic E-state index is 13.2. The number of nitrogens with zero attached hydrogens (tertiary/aromatic N) is 2. The zero-order chi connectivity index (χ0) is 19.1. The van der Waals surface area contributed by atoms with E-state index in [1.807, 2.05) is 11.4 Å². The van der Waals surface area contributed by atoms with Gasteiger partial charge >= 0.3 is 0 Å². The molecule has 0 amide bonds. The van der Waals surface area contributed by atoms with Crippen molar-refractivity contribution in [1.82, 2.24) is 9.55 Å². The van der Waals surface area contributed by atoms with Gasteiger partial charge in [0.1, 0.15) is 4.83 Å². The molecular weight excluding hydrogens is 399 g/mol. The molecule has 6 heteroatoms. The molecule has 2 aromatic carbocycles. The minimum atomic E-state index is -0.0534. The predicted octanol–water partition coefficient (Wildman–Crippen LogP) is 6.10. The van der Waals surface area contributed by atoms with Gasteiger partial charge in [-0.3, -0.25) is 9.36 Å². The van der Waals surface area contributed by atoms with E-state index >= 15 is 0 Å². The van der Waals surface area contributed by atoms with Crippen molar-refractivity contribution in [2.45, 2.75) is 20.4 Å². The van der Waals surface area contributed by atoms with Crippen LogP contribution >= 0.6 is 34.5 Å². The zero-order valence-corrected chi connectivity index (χ0v) is 17.1. The molecule has 0 fully saturated rings. The van der Waals surface area contributed by atoms with Crippen LogP contribution in [0.2, 0.25) is 10.0 Å². The first kappa shape index (κ1) is 18.2. The van der Waals surface area contributed by atoms with Gasteiger partial charge in [0.05, 0.1) is 28.3 Å². The lowest BCUT2D eigenvalue weighted by Gasteiger charge is -2.09. The van der Waals surface area contributed by atoms with Crippen LogP contribution in [0.3, 0.4) is 0 Å². The minimum Gasteiger partial charge on any atom is -0.294 e. The van der Waals surface area contributed by atoms with Crippen molar-refractivity contribution in [2.75, 3.05) is 0 Å². The van der Waals surface area contributed by atoms with Crippen LogP contribution in [-0.4, -0.2) is 9.55 Å². The summed E-state index contributed by atoms with van der Waals surface area (Å²) in [6.07, 6.45) is 1.59. The fourth-order valence-corrected chi connectivity index (χ4v) is 4.45. The van der Waals surface area contributed by atoms with Crippen LogP contribution < -0.4 is 5.56 Å². The first-order valence-electron chi connectivity index (χ1n) is 8.42. The number of benzene rings is 2. The van der Waals surface area contributed by atoms with E-state index in [4.69, 9.17) is 23.2 Å². The van der Waals surface area contributed by atoms with Crippen LogP contribution in [0.5, 0.6) is 0 Å². The van der Waals surface area contributed by atoms with Crippen molar-refractivity contribution in [1.29, 1.82) is 0 Å². The van der Waals surface area contributed by atoms with Crippen molar-refractivity contribution >= 4 is 44.8 Å². The third-order valence-corrected chi connectivity index (χ3v) is 6.20. The van der Waals surface area contributed by atoms with E-state index in [-0.39, 0.29) is 5.56 Å². The molecule has 0 aliphatic rings. The number of rotatable bonds is 3. The van der Waals surface area contributed by atoms with Gasteiger partial charge in [0.2, 0.25) is 0 Å². The Morgan fingerprint density at radius 1 is 1.04 bits per heavy atom. The molecule has 2 aromatic heterocycles. The van der Waals surface area contributed by atoms with E-state index in [0.29, 0.717) is 22.0 Å². The Morgan fingerprint density at radius 3 is 2.59 bits per heavy atom. The highest BCUT2D eigenvalue weighted by Crippen LogP contribution is 2.33. The van der Waals surface area contributed by atoms with Crippen molar-refractivity contribution in [2.24, 2.45) is 0 Å². The van der Waals surface area contributed by atoms with Gasteiger partial charge in [-0.15, -0.1) is 11.3 Å². The van der Waals surface area contributed by atoms with E-state index in [1.54, 1.807) is 23.0 Å². The summed E-state index contributed by atoms with van der Waals surface area (Å²) >= 11 is 13.6. The highest BCUT2D eigenvalue weighted by molar-refractivity contribution is 7.17. The van der Waals surface area contributed by atoms with Crippen LogP contribution in [0.4, 0.5) is 0 Å². The summed E-state index contributed by atoms with van der Waals surface area (Å²) in [5.74, 6) is 0. The summed E-state index contributed by atoms with van der Waals surface area (Å²) in [5, 5.41) is 3.65. The monoisotopic (exact) mass is 414 g/mol.